The van der Waals surface area contributed by atoms with E-state index in [9.17, 15) is 5.11 Å². The Labute approximate surface area is 123 Å². The number of phenols is 1. The number of nitrogens with one attached hydrogen (secondary N) is 1. The molecule has 0 saturated carbocycles. The summed E-state index contributed by atoms with van der Waals surface area (Å²) >= 11 is 27.9. The zero-order valence-corrected chi connectivity index (χ0v) is 11.9. The van der Waals surface area contributed by atoms with Gasteiger partial charge in [-0.1, -0.05) is 58.0 Å². The molecule has 0 aliphatic rings. The predicted octanol–water partition coefficient (Wildman–Crippen LogP) is 5.67. The van der Waals surface area contributed by atoms with Crippen LogP contribution in [0.1, 0.15) is 0 Å². The van der Waals surface area contributed by atoms with Crippen LogP contribution in [0.3, 0.4) is 0 Å². The quantitative estimate of drug-likeness (QED) is 0.472. The molecule has 2 aromatic rings. The molecule has 0 bridgehead atoms. The fourth-order valence-corrected chi connectivity index (χ4v) is 2.00. The van der Waals surface area contributed by atoms with Crippen molar-refractivity contribution in [3.8, 4) is 5.75 Å². The van der Waals surface area contributed by atoms with Gasteiger partial charge in [-0.25, -0.2) is 0 Å². The van der Waals surface area contributed by atoms with Gasteiger partial charge < -0.3 is 10.1 Å². The third-order valence-electron chi connectivity index (χ3n) is 1.68. The van der Waals surface area contributed by atoms with Crippen molar-refractivity contribution in [2.24, 2.45) is 0 Å². The van der Waals surface area contributed by atoms with Crippen LogP contribution in [0, 0.1) is 0 Å². The van der Waals surface area contributed by atoms with E-state index in [0.29, 0.717) is 0 Å². The van der Waals surface area contributed by atoms with Crippen molar-refractivity contribution in [3.63, 3.8) is 0 Å². The largest absolute Gasteiger partial charge is 0.505 e. The van der Waals surface area contributed by atoms with E-state index in [1.807, 2.05) is 24.5 Å². The van der Waals surface area contributed by atoms with E-state index in [4.69, 9.17) is 58.0 Å². The molecule has 92 valence electrons. The summed E-state index contributed by atoms with van der Waals surface area (Å²) in [5.74, 6) is -0.363. The summed E-state index contributed by atoms with van der Waals surface area (Å²) < 4.78 is 0. The fraction of sp³-hybridized carbons (Fsp3) is 0. The number of phenolic OH excluding ortho intramolecular Hbond substituents is 1. The van der Waals surface area contributed by atoms with Gasteiger partial charge in [0.1, 0.15) is 10.0 Å². The summed E-state index contributed by atoms with van der Waals surface area (Å²) in [5, 5.41) is 9.01. The van der Waals surface area contributed by atoms with Crippen LogP contribution in [0.15, 0.2) is 24.5 Å². The highest BCUT2D eigenvalue weighted by Gasteiger charge is 2.18. The lowest BCUT2D eigenvalue weighted by atomic mass is 10.3. The Kier molecular flexibility index (Phi) is 5.77. The van der Waals surface area contributed by atoms with Gasteiger partial charge in [0.2, 0.25) is 0 Å². The van der Waals surface area contributed by atoms with Crippen LogP contribution in [-0.4, -0.2) is 10.1 Å². The second kappa shape index (κ2) is 6.62. The van der Waals surface area contributed by atoms with Crippen LogP contribution in [0.25, 0.3) is 0 Å². The lowest BCUT2D eigenvalue weighted by Gasteiger charge is -2.06. The molecule has 2 nitrogen and oxygen atoms in total. The lowest BCUT2D eigenvalue weighted by molar-refractivity contribution is 0.476. The van der Waals surface area contributed by atoms with Gasteiger partial charge in [0.25, 0.3) is 0 Å². The molecule has 0 radical (unpaired) electrons. The molecule has 17 heavy (non-hydrogen) atoms. The highest BCUT2D eigenvalue weighted by molar-refractivity contribution is 6.55. The maximum Gasteiger partial charge on any atom is 0.155 e. The third-order valence-corrected chi connectivity index (χ3v) is 3.94. The molecule has 7 heteroatoms. The molecule has 0 aliphatic carbocycles. The molecule has 0 atom stereocenters. The van der Waals surface area contributed by atoms with Gasteiger partial charge in [-0.3, -0.25) is 0 Å². The summed E-state index contributed by atoms with van der Waals surface area (Å²) in [6.07, 6.45) is 3.75. The molecule has 1 aromatic heterocycles. The molecule has 0 aliphatic heterocycles. The minimum atomic E-state index is -0.363. The number of hydrogen-bond donors (Lipinski definition) is 2. The molecule has 0 unspecified atom stereocenters. The number of hydrogen-bond acceptors (Lipinski definition) is 1. The summed E-state index contributed by atoms with van der Waals surface area (Å²) in [4.78, 5) is 2.86. The maximum atomic E-state index is 9.20. The van der Waals surface area contributed by atoms with Crippen molar-refractivity contribution < 1.29 is 5.11 Å². The maximum absolute atomic E-state index is 9.20. The first-order chi connectivity index (χ1) is 7.96. The van der Waals surface area contributed by atoms with Crippen LogP contribution in [0.4, 0.5) is 0 Å². The Bertz CT molecular complexity index is 376. The topological polar surface area (TPSA) is 36.0 Å². The first kappa shape index (κ1) is 14.8. The standard InChI is InChI=1S/C6HCl5O.C4H5N/c7-1-2(8)4(10)6(12)5(11)3(1)9;1-2-4-5-3-1/h12H;1-5H. The van der Waals surface area contributed by atoms with Gasteiger partial charge in [-0.05, 0) is 12.1 Å². The minimum Gasteiger partial charge on any atom is -0.505 e. The number of aromatic nitrogens is 1. The SMILES string of the molecule is Oc1c(Cl)c(Cl)c(Cl)c(Cl)c1Cl.c1cc[nH]c1. The van der Waals surface area contributed by atoms with Crippen molar-refractivity contribution in [2.75, 3.05) is 0 Å². The number of benzene rings is 1. The summed E-state index contributed by atoms with van der Waals surface area (Å²) in [5.41, 5.74) is 0. The van der Waals surface area contributed by atoms with Gasteiger partial charge in [-0.15, -0.1) is 0 Å². The first-order valence-corrected chi connectivity index (χ1v) is 6.14. The highest BCUT2D eigenvalue weighted by Crippen LogP contribution is 2.47. The van der Waals surface area contributed by atoms with E-state index in [1.165, 1.54) is 0 Å². The third kappa shape index (κ3) is 3.60. The summed E-state index contributed by atoms with van der Waals surface area (Å²) in [7, 11) is 0. The second-order valence-corrected chi connectivity index (χ2v) is 4.69. The van der Waals surface area contributed by atoms with Crippen LogP contribution in [0.2, 0.25) is 25.1 Å². The Morgan fingerprint density at radius 2 is 1.06 bits per heavy atom. The molecule has 1 aromatic carbocycles. The van der Waals surface area contributed by atoms with Gasteiger partial charge >= 0.3 is 0 Å². The zero-order chi connectivity index (χ0) is 13.0. The number of aromatic hydroxyl groups is 1. The molecule has 0 saturated heterocycles. The molecule has 0 fully saturated rings. The Morgan fingerprint density at radius 3 is 1.35 bits per heavy atom. The van der Waals surface area contributed by atoms with Crippen molar-refractivity contribution in [1.29, 1.82) is 0 Å². The summed E-state index contributed by atoms with van der Waals surface area (Å²) in [6.45, 7) is 0. The van der Waals surface area contributed by atoms with E-state index in [1.54, 1.807) is 0 Å². The van der Waals surface area contributed by atoms with Gasteiger partial charge in [0.05, 0.1) is 15.1 Å². The van der Waals surface area contributed by atoms with E-state index in [2.05, 4.69) is 4.98 Å². The normalized spacial score (nSPS) is 9.71. The lowest BCUT2D eigenvalue weighted by Crippen LogP contribution is -1.78. The predicted molar refractivity (Wildman–Crippen MR) is 73.9 cm³/mol. The van der Waals surface area contributed by atoms with Gasteiger partial charge in [0.15, 0.2) is 5.75 Å². The van der Waals surface area contributed by atoms with E-state index in [-0.39, 0.29) is 30.9 Å². The Morgan fingerprint density at radius 1 is 0.706 bits per heavy atom. The number of halogens is 5. The van der Waals surface area contributed by atoms with Crippen LogP contribution in [-0.2, 0) is 0 Å². The average Bonchev–Trinajstić information content (AvgIpc) is 2.90. The zero-order valence-electron chi connectivity index (χ0n) is 8.15. The molecule has 2 rings (SSSR count). The molecular formula is C10H6Cl5NO. The van der Waals surface area contributed by atoms with E-state index < -0.39 is 0 Å². The monoisotopic (exact) mass is 331 g/mol. The van der Waals surface area contributed by atoms with Crippen molar-refractivity contribution in [2.45, 2.75) is 0 Å². The number of H-pyrrole nitrogens is 1. The molecular weight excluding hydrogens is 327 g/mol. The molecule has 0 spiro atoms. The number of aromatic amines is 1. The van der Waals surface area contributed by atoms with Crippen LogP contribution >= 0.6 is 58.0 Å². The van der Waals surface area contributed by atoms with Gasteiger partial charge in [0, 0.05) is 12.4 Å². The molecule has 2 N–H and O–H groups in total. The molecule has 0 amide bonds. The van der Waals surface area contributed by atoms with Crippen molar-refractivity contribution in [3.05, 3.63) is 49.6 Å². The van der Waals surface area contributed by atoms with Crippen molar-refractivity contribution >= 4 is 58.0 Å². The van der Waals surface area contributed by atoms with E-state index >= 15 is 0 Å². The first-order valence-electron chi connectivity index (χ1n) is 4.25. The van der Waals surface area contributed by atoms with Gasteiger partial charge in [-0.2, -0.15) is 0 Å². The average molecular weight is 333 g/mol. The molecule has 1 heterocycles. The smallest absolute Gasteiger partial charge is 0.155 e. The van der Waals surface area contributed by atoms with Crippen LogP contribution < -0.4 is 0 Å². The Balaban J connectivity index is 0.000000239. The summed E-state index contributed by atoms with van der Waals surface area (Å²) in [6, 6.07) is 3.89. The second-order valence-electron chi connectivity index (χ2n) is 2.80. The van der Waals surface area contributed by atoms with Crippen molar-refractivity contribution in [1.82, 2.24) is 4.98 Å². The fourth-order valence-electron chi connectivity index (χ4n) is 0.871. The highest BCUT2D eigenvalue weighted by atomic mass is 35.5. The van der Waals surface area contributed by atoms with Crippen LogP contribution in [0.5, 0.6) is 5.75 Å². The number of rotatable bonds is 0. The minimum absolute atomic E-state index is 0.00904. The Hall–Kier alpha value is -0.250. The van der Waals surface area contributed by atoms with E-state index in [0.717, 1.165) is 0 Å².